The van der Waals surface area contributed by atoms with E-state index in [0.717, 1.165) is 16.7 Å². The first-order chi connectivity index (χ1) is 8.90. The molecule has 2 aromatic rings. The van der Waals surface area contributed by atoms with Crippen molar-refractivity contribution >= 4 is 6.21 Å². The summed E-state index contributed by atoms with van der Waals surface area (Å²) in [7, 11) is 0. The molecule has 4 nitrogen and oxygen atoms in total. The van der Waals surface area contributed by atoms with Gasteiger partial charge in [-0.1, -0.05) is 35.5 Å². The van der Waals surface area contributed by atoms with Crippen LogP contribution in [0.4, 0.5) is 0 Å². The number of oxime groups is 1. The topological polar surface area (TPSA) is 54.7 Å². The second-order valence-corrected chi connectivity index (χ2v) is 3.66. The molecular formula is C14H14N2O2. The van der Waals surface area contributed by atoms with Crippen LogP contribution in [0, 0.1) is 0 Å². The average molecular weight is 242 g/mol. The van der Waals surface area contributed by atoms with E-state index < -0.39 is 0 Å². The van der Waals surface area contributed by atoms with Crippen LogP contribution in [0.5, 0.6) is 0 Å². The number of nitrogens with zero attached hydrogens (tertiary/aromatic N) is 2. The van der Waals surface area contributed by atoms with Crippen molar-refractivity contribution in [2.24, 2.45) is 5.16 Å². The molecule has 1 aromatic heterocycles. The lowest BCUT2D eigenvalue weighted by molar-refractivity contribution is 0.0997. The molecule has 0 amide bonds. The Bertz CT molecular complexity index is 512. The predicted octanol–water partition coefficient (Wildman–Crippen LogP) is 2.09. The maximum absolute atomic E-state index is 8.55. The summed E-state index contributed by atoms with van der Waals surface area (Å²) in [6, 6.07) is 12.0. The lowest BCUT2D eigenvalue weighted by atomic mass is 10.1. The van der Waals surface area contributed by atoms with Gasteiger partial charge in [-0.25, -0.2) is 0 Å². The number of rotatable bonds is 5. The molecule has 0 bridgehead atoms. The molecule has 0 spiro atoms. The minimum atomic E-state index is -0.0420. The third-order valence-corrected chi connectivity index (χ3v) is 2.33. The highest BCUT2D eigenvalue weighted by Crippen LogP contribution is 2.17. The smallest absolute Gasteiger partial charge is 0.140 e. The summed E-state index contributed by atoms with van der Waals surface area (Å²) >= 11 is 0. The van der Waals surface area contributed by atoms with Crippen molar-refractivity contribution in [1.29, 1.82) is 0 Å². The number of pyridine rings is 1. The number of hydrogen-bond acceptors (Lipinski definition) is 4. The molecule has 0 fully saturated rings. The number of aromatic nitrogens is 1. The zero-order valence-corrected chi connectivity index (χ0v) is 9.86. The first kappa shape index (κ1) is 12.3. The molecule has 1 heterocycles. The molecule has 0 saturated heterocycles. The van der Waals surface area contributed by atoms with Crippen molar-refractivity contribution < 1.29 is 9.94 Å². The lowest BCUT2D eigenvalue weighted by Crippen LogP contribution is -1.94. The fourth-order valence-corrected chi connectivity index (χ4v) is 1.51. The normalized spacial score (nSPS) is 10.7. The van der Waals surface area contributed by atoms with Crippen molar-refractivity contribution in [3.8, 4) is 11.1 Å². The molecule has 0 aliphatic heterocycles. The molecule has 18 heavy (non-hydrogen) atoms. The fourth-order valence-electron chi connectivity index (χ4n) is 1.51. The minimum absolute atomic E-state index is 0.0420. The van der Waals surface area contributed by atoms with Crippen LogP contribution in [0.2, 0.25) is 0 Å². The molecule has 1 N–H and O–H groups in total. The Hall–Kier alpha value is -2.20. The highest BCUT2D eigenvalue weighted by atomic mass is 16.6. The van der Waals surface area contributed by atoms with Gasteiger partial charge in [-0.05, 0) is 11.6 Å². The van der Waals surface area contributed by atoms with Gasteiger partial charge in [0.25, 0.3) is 0 Å². The van der Waals surface area contributed by atoms with Crippen LogP contribution in [0.25, 0.3) is 11.1 Å². The summed E-state index contributed by atoms with van der Waals surface area (Å²) in [5, 5.41) is 12.3. The Morgan fingerprint density at radius 2 is 2.00 bits per heavy atom. The quantitative estimate of drug-likeness (QED) is 0.496. The van der Waals surface area contributed by atoms with Gasteiger partial charge in [0.05, 0.1) is 12.8 Å². The summed E-state index contributed by atoms with van der Waals surface area (Å²) in [6.45, 7) is 0.155. The maximum atomic E-state index is 8.55. The monoisotopic (exact) mass is 242 g/mol. The summed E-state index contributed by atoms with van der Waals surface area (Å²) in [5.74, 6) is 0. The molecule has 0 aliphatic carbocycles. The minimum Gasteiger partial charge on any atom is -0.393 e. The SMILES string of the molecule is OCCON=Cc1cncc(-c2ccccc2)c1. The van der Waals surface area contributed by atoms with Crippen molar-refractivity contribution in [2.75, 3.05) is 13.2 Å². The van der Waals surface area contributed by atoms with Gasteiger partial charge in [0.1, 0.15) is 6.61 Å². The standard InChI is InChI=1S/C14H14N2O2/c17-6-7-18-16-10-12-8-14(11-15-9-12)13-4-2-1-3-5-13/h1-5,8-11,17H,6-7H2. The number of aliphatic hydroxyl groups excluding tert-OH is 1. The van der Waals surface area contributed by atoms with Crippen LogP contribution in [0.3, 0.4) is 0 Å². The van der Waals surface area contributed by atoms with Gasteiger partial charge in [0, 0.05) is 23.5 Å². The van der Waals surface area contributed by atoms with E-state index in [4.69, 9.17) is 9.94 Å². The van der Waals surface area contributed by atoms with E-state index in [-0.39, 0.29) is 13.2 Å². The largest absolute Gasteiger partial charge is 0.393 e. The van der Waals surface area contributed by atoms with Gasteiger partial charge in [-0.2, -0.15) is 0 Å². The van der Waals surface area contributed by atoms with Crippen molar-refractivity contribution in [3.05, 3.63) is 54.4 Å². The molecule has 92 valence electrons. The molecule has 0 saturated carbocycles. The van der Waals surface area contributed by atoms with Gasteiger partial charge in [0.15, 0.2) is 0 Å². The van der Waals surface area contributed by atoms with E-state index in [1.807, 2.05) is 36.4 Å². The summed E-state index contributed by atoms with van der Waals surface area (Å²) in [6.07, 6.45) is 5.09. The molecule has 0 radical (unpaired) electrons. The number of benzene rings is 1. The Morgan fingerprint density at radius 1 is 1.17 bits per heavy atom. The molecule has 4 heteroatoms. The second-order valence-electron chi connectivity index (χ2n) is 3.66. The van der Waals surface area contributed by atoms with Gasteiger partial charge >= 0.3 is 0 Å². The molecule has 0 atom stereocenters. The van der Waals surface area contributed by atoms with E-state index in [1.54, 1.807) is 18.6 Å². The molecule has 0 aliphatic rings. The van der Waals surface area contributed by atoms with Crippen LogP contribution in [0.15, 0.2) is 53.9 Å². The Balaban J connectivity index is 2.13. The summed E-state index contributed by atoms with van der Waals surface area (Å²) in [4.78, 5) is 8.99. The van der Waals surface area contributed by atoms with Crippen LogP contribution in [0.1, 0.15) is 5.56 Å². The Kier molecular flexibility index (Phi) is 4.44. The fraction of sp³-hybridized carbons (Fsp3) is 0.143. The Morgan fingerprint density at radius 3 is 2.78 bits per heavy atom. The van der Waals surface area contributed by atoms with Crippen LogP contribution < -0.4 is 0 Å². The third kappa shape index (κ3) is 3.40. The second kappa shape index (κ2) is 6.51. The number of hydrogen-bond donors (Lipinski definition) is 1. The third-order valence-electron chi connectivity index (χ3n) is 2.33. The highest BCUT2D eigenvalue weighted by Gasteiger charge is 1.98. The maximum Gasteiger partial charge on any atom is 0.140 e. The molecule has 1 aromatic carbocycles. The Labute approximate surface area is 106 Å². The molecular weight excluding hydrogens is 228 g/mol. The van der Waals surface area contributed by atoms with Crippen LogP contribution in [-0.2, 0) is 4.84 Å². The van der Waals surface area contributed by atoms with E-state index in [0.29, 0.717) is 0 Å². The number of aliphatic hydroxyl groups is 1. The van der Waals surface area contributed by atoms with Crippen molar-refractivity contribution in [1.82, 2.24) is 4.98 Å². The average Bonchev–Trinajstić information content (AvgIpc) is 2.45. The highest BCUT2D eigenvalue weighted by molar-refractivity contribution is 5.81. The zero-order valence-electron chi connectivity index (χ0n) is 9.86. The van der Waals surface area contributed by atoms with E-state index in [9.17, 15) is 0 Å². The van der Waals surface area contributed by atoms with E-state index in [2.05, 4.69) is 10.1 Å². The summed E-state index contributed by atoms with van der Waals surface area (Å²) < 4.78 is 0. The predicted molar refractivity (Wildman–Crippen MR) is 70.3 cm³/mol. The van der Waals surface area contributed by atoms with Gasteiger partial charge in [0.2, 0.25) is 0 Å². The zero-order chi connectivity index (χ0) is 12.6. The molecule has 0 unspecified atom stereocenters. The van der Waals surface area contributed by atoms with Crippen molar-refractivity contribution in [3.63, 3.8) is 0 Å². The lowest BCUT2D eigenvalue weighted by Gasteiger charge is -2.01. The van der Waals surface area contributed by atoms with E-state index in [1.165, 1.54) is 0 Å². The van der Waals surface area contributed by atoms with Gasteiger partial charge in [-0.3, -0.25) is 4.98 Å². The van der Waals surface area contributed by atoms with Gasteiger partial charge < -0.3 is 9.94 Å². The van der Waals surface area contributed by atoms with Crippen molar-refractivity contribution in [2.45, 2.75) is 0 Å². The summed E-state index contributed by atoms with van der Waals surface area (Å²) in [5.41, 5.74) is 2.99. The van der Waals surface area contributed by atoms with Gasteiger partial charge in [-0.15, -0.1) is 0 Å². The first-order valence-electron chi connectivity index (χ1n) is 5.67. The first-order valence-corrected chi connectivity index (χ1v) is 5.67. The van der Waals surface area contributed by atoms with Crippen LogP contribution >= 0.6 is 0 Å². The van der Waals surface area contributed by atoms with Crippen LogP contribution in [-0.4, -0.2) is 29.5 Å². The van der Waals surface area contributed by atoms with E-state index >= 15 is 0 Å². The molecule has 2 rings (SSSR count).